The summed E-state index contributed by atoms with van der Waals surface area (Å²) in [5, 5.41) is 4.21. The van der Waals surface area contributed by atoms with Gasteiger partial charge in [0.1, 0.15) is 5.82 Å². The highest BCUT2D eigenvalue weighted by Crippen LogP contribution is 2.12. The van der Waals surface area contributed by atoms with Gasteiger partial charge < -0.3 is 10.1 Å². The second-order valence-corrected chi connectivity index (χ2v) is 5.11. The Labute approximate surface area is 118 Å². The zero-order chi connectivity index (χ0) is 13.5. The summed E-state index contributed by atoms with van der Waals surface area (Å²) in [7, 11) is 1.69. The van der Waals surface area contributed by atoms with E-state index >= 15 is 0 Å². The Morgan fingerprint density at radius 1 is 1.26 bits per heavy atom. The molecule has 0 spiro atoms. The summed E-state index contributed by atoms with van der Waals surface area (Å²) in [6, 6.07) is 8.46. The summed E-state index contributed by atoms with van der Waals surface area (Å²) in [5.41, 5.74) is 2.71. The third-order valence-electron chi connectivity index (χ3n) is 2.93. The molecule has 102 valence electrons. The van der Waals surface area contributed by atoms with Crippen LogP contribution < -0.4 is 5.32 Å². The van der Waals surface area contributed by atoms with E-state index < -0.39 is 0 Å². The number of rotatable bonds is 7. The number of aryl methyl sites for hydroxylation is 1. The number of hydrogen-bond acceptors (Lipinski definition) is 5. The van der Waals surface area contributed by atoms with E-state index in [1.54, 1.807) is 7.11 Å². The van der Waals surface area contributed by atoms with Crippen LogP contribution in [0, 0.1) is 6.92 Å². The number of hydrogen-bond donors (Lipinski definition) is 1. The highest BCUT2D eigenvalue weighted by atomic mass is 32.1. The van der Waals surface area contributed by atoms with Crippen LogP contribution in [0.2, 0.25) is 0 Å². The molecule has 0 bridgehead atoms. The number of aromatic nitrogens is 2. The van der Waals surface area contributed by atoms with Crippen molar-refractivity contribution in [3.05, 3.63) is 41.2 Å². The maximum atomic E-state index is 5.01. The Morgan fingerprint density at radius 2 is 2.11 bits per heavy atom. The lowest BCUT2D eigenvalue weighted by atomic mass is 10.1. The molecule has 1 N–H and O–H groups in total. The van der Waals surface area contributed by atoms with Crippen LogP contribution in [-0.2, 0) is 17.6 Å². The van der Waals surface area contributed by atoms with Gasteiger partial charge in [0.05, 0.1) is 6.61 Å². The SMILES string of the molecule is COCCc1nsc(NCCc2ccccc2C)n1. The van der Waals surface area contributed by atoms with Crippen molar-refractivity contribution >= 4 is 16.7 Å². The predicted octanol–water partition coefficient (Wildman–Crippen LogP) is 2.69. The molecule has 4 nitrogen and oxygen atoms in total. The second kappa shape index (κ2) is 7.21. The van der Waals surface area contributed by atoms with Crippen LogP contribution in [-0.4, -0.2) is 29.6 Å². The van der Waals surface area contributed by atoms with Gasteiger partial charge in [-0.15, -0.1) is 0 Å². The Hall–Kier alpha value is -1.46. The maximum absolute atomic E-state index is 5.01. The van der Waals surface area contributed by atoms with Crippen LogP contribution in [0.1, 0.15) is 17.0 Å². The average molecular weight is 277 g/mol. The van der Waals surface area contributed by atoms with Crippen LogP contribution in [0.25, 0.3) is 0 Å². The fraction of sp³-hybridized carbons (Fsp3) is 0.429. The molecular formula is C14H19N3OS. The van der Waals surface area contributed by atoms with E-state index in [1.165, 1.54) is 22.7 Å². The standard InChI is InChI=1S/C14H19N3OS/c1-11-5-3-4-6-12(11)7-9-15-14-16-13(17-19-14)8-10-18-2/h3-6H,7-10H2,1-2H3,(H,15,16,17). The summed E-state index contributed by atoms with van der Waals surface area (Å²) in [4.78, 5) is 4.42. The van der Waals surface area contributed by atoms with Gasteiger partial charge in [0, 0.05) is 31.6 Å². The van der Waals surface area contributed by atoms with Gasteiger partial charge in [0.2, 0.25) is 5.13 Å². The number of benzene rings is 1. The Kier molecular flexibility index (Phi) is 5.30. The van der Waals surface area contributed by atoms with Crippen LogP contribution in [0.4, 0.5) is 5.13 Å². The van der Waals surface area contributed by atoms with Crippen molar-refractivity contribution in [2.75, 3.05) is 25.6 Å². The summed E-state index contributed by atoms with van der Waals surface area (Å²) in [6.45, 7) is 3.69. The lowest BCUT2D eigenvalue weighted by Gasteiger charge is -2.05. The summed E-state index contributed by atoms with van der Waals surface area (Å²) in [5.74, 6) is 0.852. The molecule has 0 unspecified atom stereocenters. The van der Waals surface area contributed by atoms with E-state index in [4.69, 9.17) is 4.74 Å². The molecule has 1 aromatic carbocycles. The molecule has 0 saturated carbocycles. The normalized spacial score (nSPS) is 10.6. The lowest BCUT2D eigenvalue weighted by molar-refractivity contribution is 0.201. The topological polar surface area (TPSA) is 47.0 Å². The van der Waals surface area contributed by atoms with Crippen molar-refractivity contribution in [2.24, 2.45) is 0 Å². The minimum atomic E-state index is 0.666. The van der Waals surface area contributed by atoms with Gasteiger partial charge in [-0.05, 0) is 24.5 Å². The van der Waals surface area contributed by atoms with E-state index in [9.17, 15) is 0 Å². The third kappa shape index (κ3) is 4.29. The minimum absolute atomic E-state index is 0.666. The van der Waals surface area contributed by atoms with E-state index in [0.29, 0.717) is 6.61 Å². The van der Waals surface area contributed by atoms with Gasteiger partial charge in [-0.25, -0.2) is 4.98 Å². The summed E-state index contributed by atoms with van der Waals surface area (Å²) >= 11 is 1.41. The molecule has 0 aliphatic carbocycles. The van der Waals surface area contributed by atoms with E-state index in [1.807, 2.05) is 0 Å². The van der Waals surface area contributed by atoms with E-state index in [0.717, 1.165) is 30.3 Å². The molecule has 0 saturated heterocycles. The highest BCUT2D eigenvalue weighted by molar-refractivity contribution is 7.09. The number of nitrogens with one attached hydrogen (secondary N) is 1. The number of methoxy groups -OCH3 is 1. The van der Waals surface area contributed by atoms with Crippen molar-refractivity contribution in [1.29, 1.82) is 0 Å². The maximum Gasteiger partial charge on any atom is 0.202 e. The zero-order valence-electron chi connectivity index (χ0n) is 11.3. The Balaban J connectivity index is 1.79. The largest absolute Gasteiger partial charge is 0.384 e. The molecular weight excluding hydrogens is 258 g/mol. The molecule has 0 atom stereocenters. The highest BCUT2D eigenvalue weighted by Gasteiger charge is 2.03. The molecule has 0 radical (unpaired) electrons. The van der Waals surface area contributed by atoms with Gasteiger partial charge in [-0.1, -0.05) is 24.3 Å². The van der Waals surface area contributed by atoms with Gasteiger partial charge in [0.25, 0.3) is 0 Å². The Bertz CT molecular complexity index is 513. The number of ether oxygens (including phenoxy) is 1. The monoisotopic (exact) mass is 277 g/mol. The van der Waals surface area contributed by atoms with Crippen molar-refractivity contribution in [2.45, 2.75) is 19.8 Å². The average Bonchev–Trinajstić information content (AvgIpc) is 2.86. The van der Waals surface area contributed by atoms with E-state index in [-0.39, 0.29) is 0 Å². The molecule has 0 amide bonds. The molecule has 5 heteroatoms. The van der Waals surface area contributed by atoms with Gasteiger partial charge in [-0.3, -0.25) is 0 Å². The summed E-state index contributed by atoms with van der Waals surface area (Å²) in [6.07, 6.45) is 1.77. The molecule has 0 aliphatic rings. The Morgan fingerprint density at radius 3 is 2.89 bits per heavy atom. The van der Waals surface area contributed by atoms with Crippen molar-refractivity contribution < 1.29 is 4.74 Å². The van der Waals surface area contributed by atoms with Crippen molar-refractivity contribution in [3.8, 4) is 0 Å². The minimum Gasteiger partial charge on any atom is -0.384 e. The van der Waals surface area contributed by atoms with E-state index in [2.05, 4.69) is 45.9 Å². The molecule has 2 aromatic rings. The van der Waals surface area contributed by atoms with Gasteiger partial charge in [-0.2, -0.15) is 4.37 Å². The molecule has 0 aliphatic heterocycles. The molecule has 1 aromatic heterocycles. The van der Waals surface area contributed by atoms with Crippen LogP contribution >= 0.6 is 11.5 Å². The van der Waals surface area contributed by atoms with Gasteiger partial charge in [0.15, 0.2) is 0 Å². The quantitative estimate of drug-likeness (QED) is 0.845. The van der Waals surface area contributed by atoms with Crippen molar-refractivity contribution in [1.82, 2.24) is 9.36 Å². The third-order valence-corrected chi connectivity index (χ3v) is 3.64. The van der Waals surface area contributed by atoms with Gasteiger partial charge >= 0.3 is 0 Å². The first kappa shape index (κ1) is 14.0. The molecule has 19 heavy (non-hydrogen) atoms. The fourth-order valence-corrected chi connectivity index (χ4v) is 2.45. The number of nitrogens with zero attached hydrogens (tertiary/aromatic N) is 2. The molecule has 0 fully saturated rings. The first-order chi connectivity index (χ1) is 9.29. The smallest absolute Gasteiger partial charge is 0.202 e. The second-order valence-electron chi connectivity index (χ2n) is 4.36. The number of anilines is 1. The molecule has 2 rings (SSSR count). The zero-order valence-corrected chi connectivity index (χ0v) is 12.2. The van der Waals surface area contributed by atoms with Crippen LogP contribution in [0.3, 0.4) is 0 Å². The summed E-state index contributed by atoms with van der Waals surface area (Å²) < 4.78 is 9.30. The lowest BCUT2D eigenvalue weighted by Crippen LogP contribution is -2.05. The van der Waals surface area contributed by atoms with Crippen LogP contribution in [0.5, 0.6) is 0 Å². The molecule has 1 heterocycles. The van der Waals surface area contributed by atoms with Crippen LogP contribution in [0.15, 0.2) is 24.3 Å². The predicted molar refractivity (Wildman–Crippen MR) is 78.9 cm³/mol. The first-order valence-corrected chi connectivity index (χ1v) is 7.17. The first-order valence-electron chi connectivity index (χ1n) is 6.39. The fourth-order valence-electron chi connectivity index (χ4n) is 1.82. The van der Waals surface area contributed by atoms with Crippen molar-refractivity contribution in [3.63, 3.8) is 0 Å².